The Morgan fingerprint density at radius 2 is 2.11 bits per heavy atom. The molecule has 1 aromatic carbocycles. The van der Waals surface area contributed by atoms with Gasteiger partial charge in [-0.1, -0.05) is 22.0 Å². The maximum absolute atomic E-state index is 5.87. The van der Waals surface area contributed by atoms with Crippen molar-refractivity contribution in [3.8, 4) is 5.75 Å². The number of hydrogen-bond acceptors (Lipinski definition) is 2. The first-order chi connectivity index (χ1) is 8.69. The van der Waals surface area contributed by atoms with Gasteiger partial charge in [0.05, 0.1) is 6.61 Å². The first-order valence-electron chi connectivity index (χ1n) is 6.41. The van der Waals surface area contributed by atoms with E-state index in [4.69, 9.17) is 10.5 Å². The highest BCUT2D eigenvalue weighted by Crippen LogP contribution is 2.28. The molecule has 2 N–H and O–H groups in total. The third-order valence-corrected chi connectivity index (χ3v) is 3.29. The molecule has 0 unspecified atom stereocenters. The molecule has 0 spiro atoms. The van der Waals surface area contributed by atoms with Gasteiger partial charge in [0, 0.05) is 16.6 Å². The second-order valence-electron chi connectivity index (χ2n) is 4.40. The Bertz CT molecular complexity index is 390. The maximum atomic E-state index is 5.87. The third kappa shape index (κ3) is 4.83. The van der Waals surface area contributed by atoms with Gasteiger partial charge in [-0.2, -0.15) is 0 Å². The van der Waals surface area contributed by atoms with Gasteiger partial charge in [0.25, 0.3) is 0 Å². The molecule has 0 fully saturated rings. The number of benzene rings is 1. The van der Waals surface area contributed by atoms with Crippen molar-refractivity contribution < 1.29 is 4.74 Å². The molecule has 0 aliphatic rings. The largest absolute Gasteiger partial charge is 0.493 e. The van der Waals surface area contributed by atoms with Crippen LogP contribution in [0.2, 0.25) is 0 Å². The van der Waals surface area contributed by atoms with Crippen LogP contribution in [0.3, 0.4) is 0 Å². The molecule has 18 heavy (non-hydrogen) atoms. The van der Waals surface area contributed by atoms with Crippen molar-refractivity contribution in [2.24, 2.45) is 5.73 Å². The smallest absolute Gasteiger partial charge is 0.126 e. The van der Waals surface area contributed by atoms with E-state index in [1.807, 2.05) is 12.1 Å². The zero-order chi connectivity index (χ0) is 13.4. The van der Waals surface area contributed by atoms with Crippen molar-refractivity contribution >= 4 is 15.9 Å². The summed E-state index contributed by atoms with van der Waals surface area (Å²) in [6.07, 6.45) is 6.50. The highest BCUT2D eigenvalue weighted by molar-refractivity contribution is 9.10. The van der Waals surface area contributed by atoms with Crippen LogP contribution in [0.5, 0.6) is 5.75 Å². The summed E-state index contributed by atoms with van der Waals surface area (Å²) in [5.74, 6) is 0.949. The number of unbranched alkanes of at least 4 members (excludes halogenated alkanes) is 3. The van der Waals surface area contributed by atoms with Gasteiger partial charge in [-0.3, -0.25) is 0 Å². The predicted molar refractivity (Wildman–Crippen MR) is 80.9 cm³/mol. The Balaban J connectivity index is 2.48. The SMILES string of the molecule is C=CCCCCCOc1c(C)cc(Br)cc1CN. The van der Waals surface area contributed by atoms with Crippen LogP contribution < -0.4 is 10.5 Å². The van der Waals surface area contributed by atoms with E-state index in [1.165, 1.54) is 12.8 Å². The van der Waals surface area contributed by atoms with Gasteiger partial charge < -0.3 is 10.5 Å². The summed E-state index contributed by atoms with van der Waals surface area (Å²) in [6.45, 7) is 7.03. The van der Waals surface area contributed by atoms with E-state index >= 15 is 0 Å². The van der Waals surface area contributed by atoms with E-state index in [2.05, 4.69) is 35.5 Å². The third-order valence-electron chi connectivity index (χ3n) is 2.84. The zero-order valence-electron chi connectivity index (χ0n) is 11.0. The summed E-state index contributed by atoms with van der Waals surface area (Å²) >= 11 is 3.48. The molecular weight excluding hydrogens is 290 g/mol. The number of aryl methyl sites for hydroxylation is 1. The summed E-state index contributed by atoms with van der Waals surface area (Å²) in [5, 5.41) is 0. The Morgan fingerprint density at radius 3 is 2.78 bits per heavy atom. The molecule has 0 bridgehead atoms. The van der Waals surface area contributed by atoms with E-state index in [-0.39, 0.29) is 0 Å². The zero-order valence-corrected chi connectivity index (χ0v) is 12.6. The van der Waals surface area contributed by atoms with Crippen LogP contribution >= 0.6 is 15.9 Å². The first-order valence-corrected chi connectivity index (χ1v) is 7.21. The van der Waals surface area contributed by atoms with Crippen molar-refractivity contribution in [3.63, 3.8) is 0 Å². The molecule has 0 saturated carbocycles. The lowest BCUT2D eigenvalue weighted by Crippen LogP contribution is -2.05. The van der Waals surface area contributed by atoms with E-state index in [9.17, 15) is 0 Å². The van der Waals surface area contributed by atoms with Crippen LogP contribution in [0.15, 0.2) is 29.3 Å². The van der Waals surface area contributed by atoms with Gasteiger partial charge in [-0.15, -0.1) is 6.58 Å². The van der Waals surface area contributed by atoms with Gasteiger partial charge >= 0.3 is 0 Å². The number of hydrogen-bond donors (Lipinski definition) is 1. The van der Waals surface area contributed by atoms with Crippen LogP contribution in [0.4, 0.5) is 0 Å². The van der Waals surface area contributed by atoms with E-state index in [1.54, 1.807) is 0 Å². The normalized spacial score (nSPS) is 10.4. The number of allylic oxidation sites excluding steroid dienone is 1. The second kappa shape index (κ2) is 8.33. The van der Waals surface area contributed by atoms with Gasteiger partial charge in [0.15, 0.2) is 0 Å². The minimum absolute atomic E-state index is 0.506. The van der Waals surface area contributed by atoms with Gasteiger partial charge in [0.1, 0.15) is 5.75 Å². The molecule has 0 aliphatic heterocycles. The fourth-order valence-corrected chi connectivity index (χ4v) is 2.52. The van der Waals surface area contributed by atoms with Crippen LogP contribution in [0.25, 0.3) is 0 Å². The highest BCUT2D eigenvalue weighted by Gasteiger charge is 2.07. The van der Waals surface area contributed by atoms with Gasteiger partial charge in [0.2, 0.25) is 0 Å². The lowest BCUT2D eigenvalue weighted by Gasteiger charge is -2.14. The number of rotatable bonds is 8. The quantitative estimate of drug-likeness (QED) is 0.572. The second-order valence-corrected chi connectivity index (χ2v) is 5.32. The average Bonchev–Trinajstić information content (AvgIpc) is 2.35. The lowest BCUT2D eigenvalue weighted by molar-refractivity contribution is 0.300. The molecule has 3 heteroatoms. The molecule has 0 radical (unpaired) electrons. The van der Waals surface area contributed by atoms with Crippen LogP contribution in [-0.4, -0.2) is 6.61 Å². The van der Waals surface area contributed by atoms with Crippen LogP contribution in [-0.2, 0) is 6.54 Å². The predicted octanol–water partition coefficient (Wildman–Crippen LogP) is 4.34. The van der Waals surface area contributed by atoms with Crippen molar-refractivity contribution in [2.45, 2.75) is 39.2 Å². The molecule has 0 heterocycles. The summed E-state index contributed by atoms with van der Waals surface area (Å²) in [5.41, 5.74) is 7.94. The molecule has 2 nitrogen and oxygen atoms in total. The molecule has 0 amide bonds. The Kier molecular flexibility index (Phi) is 7.06. The Hall–Kier alpha value is -0.800. The molecule has 100 valence electrons. The molecule has 1 rings (SSSR count). The lowest BCUT2D eigenvalue weighted by atomic mass is 10.1. The van der Waals surface area contributed by atoms with Crippen molar-refractivity contribution in [2.75, 3.05) is 6.61 Å². The topological polar surface area (TPSA) is 35.2 Å². The van der Waals surface area contributed by atoms with Crippen LogP contribution in [0, 0.1) is 6.92 Å². The highest BCUT2D eigenvalue weighted by atomic mass is 79.9. The molecule has 0 aromatic heterocycles. The Morgan fingerprint density at radius 1 is 1.33 bits per heavy atom. The fraction of sp³-hybridized carbons (Fsp3) is 0.467. The van der Waals surface area contributed by atoms with E-state index < -0.39 is 0 Å². The van der Waals surface area contributed by atoms with Crippen LogP contribution in [0.1, 0.15) is 36.8 Å². The summed E-state index contributed by atoms with van der Waals surface area (Å²) < 4.78 is 6.92. The van der Waals surface area contributed by atoms with Crippen molar-refractivity contribution in [1.29, 1.82) is 0 Å². The summed E-state index contributed by atoms with van der Waals surface area (Å²) in [6, 6.07) is 4.09. The van der Waals surface area contributed by atoms with Crippen molar-refractivity contribution in [3.05, 3.63) is 40.4 Å². The summed E-state index contributed by atoms with van der Waals surface area (Å²) in [7, 11) is 0. The van der Waals surface area contributed by atoms with E-state index in [0.29, 0.717) is 6.54 Å². The fourth-order valence-electron chi connectivity index (χ4n) is 1.90. The number of ether oxygens (including phenoxy) is 1. The average molecular weight is 312 g/mol. The number of nitrogens with two attached hydrogens (primary N) is 1. The molecule has 0 saturated heterocycles. The first kappa shape index (κ1) is 15.3. The molecule has 0 aliphatic carbocycles. The van der Waals surface area contributed by atoms with Gasteiger partial charge in [-0.25, -0.2) is 0 Å². The monoisotopic (exact) mass is 311 g/mol. The standard InChI is InChI=1S/C15H22BrNO/c1-3-4-5-6-7-8-18-15-12(2)9-14(16)10-13(15)11-17/h3,9-10H,1,4-8,11,17H2,2H3. The Labute approximate surface area is 118 Å². The summed E-state index contributed by atoms with van der Waals surface area (Å²) in [4.78, 5) is 0. The maximum Gasteiger partial charge on any atom is 0.126 e. The molecule has 1 aromatic rings. The number of halogens is 1. The minimum atomic E-state index is 0.506. The molecule has 0 atom stereocenters. The van der Waals surface area contributed by atoms with Gasteiger partial charge in [-0.05, 0) is 50.3 Å². The van der Waals surface area contributed by atoms with Crippen molar-refractivity contribution in [1.82, 2.24) is 0 Å². The minimum Gasteiger partial charge on any atom is -0.493 e. The van der Waals surface area contributed by atoms with E-state index in [0.717, 1.165) is 40.8 Å². The molecular formula is C15H22BrNO.